The number of anilines is 1. The number of rotatable bonds is 5. The number of aryl methyl sites for hydroxylation is 1. The van der Waals surface area contributed by atoms with Crippen LogP contribution in [0.5, 0.6) is 0 Å². The van der Waals surface area contributed by atoms with Gasteiger partial charge in [-0.05, 0) is 52.8 Å². The molecule has 0 radical (unpaired) electrons. The zero-order chi connectivity index (χ0) is 17.6. The Morgan fingerprint density at radius 1 is 0.880 bits per heavy atom. The Morgan fingerprint density at radius 2 is 1.48 bits per heavy atom. The molecule has 3 aromatic carbocycles. The number of carbonyl (C=O) groups is 1. The Bertz CT molecular complexity index is 902. The van der Waals surface area contributed by atoms with Gasteiger partial charge in [0, 0.05) is 20.9 Å². The lowest BCUT2D eigenvalue weighted by Crippen LogP contribution is -2.04. The van der Waals surface area contributed by atoms with Crippen LogP contribution in [0.1, 0.15) is 21.5 Å². The third-order valence-electron chi connectivity index (χ3n) is 3.81. The smallest absolute Gasteiger partial charge is 0.187 e. The average Bonchev–Trinajstić information content (AvgIpc) is 2.64. The Kier molecular flexibility index (Phi) is 5.66. The fourth-order valence-electron chi connectivity index (χ4n) is 2.49. The molecule has 0 amide bonds. The molecule has 25 heavy (non-hydrogen) atoms. The van der Waals surface area contributed by atoms with Crippen molar-refractivity contribution >= 4 is 39.8 Å². The highest BCUT2D eigenvalue weighted by molar-refractivity contribution is 14.1. The second-order valence-electron chi connectivity index (χ2n) is 5.76. The second kappa shape index (κ2) is 8.12. The Morgan fingerprint density at radius 3 is 2.08 bits per heavy atom. The minimum atomic E-state index is -0.0194. The molecule has 0 heterocycles. The van der Waals surface area contributed by atoms with E-state index in [1.165, 1.54) is 5.56 Å². The molecule has 1 N–H and O–H groups in total. The van der Waals surface area contributed by atoms with E-state index in [1.54, 1.807) is 6.08 Å². The van der Waals surface area contributed by atoms with E-state index in [0.29, 0.717) is 5.56 Å². The molecule has 0 aromatic heterocycles. The summed E-state index contributed by atoms with van der Waals surface area (Å²) in [7, 11) is 0. The maximum Gasteiger partial charge on any atom is 0.187 e. The summed E-state index contributed by atoms with van der Waals surface area (Å²) < 4.78 is 1.12. The number of benzene rings is 3. The van der Waals surface area contributed by atoms with Crippen LogP contribution in [0.15, 0.2) is 84.9 Å². The lowest BCUT2D eigenvalue weighted by atomic mass is 10.1. The molecule has 0 saturated carbocycles. The maximum absolute atomic E-state index is 12.6. The first kappa shape index (κ1) is 17.4. The van der Waals surface area contributed by atoms with Crippen LogP contribution in [-0.4, -0.2) is 5.78 Å². The molecule has 3 aromatic rings. The van der Waals surface area contributed by atoms with Gasteiger partial charge in [-0.2, -0.15) is 0 Å². The molecule has 3 heteroatoms. The van der Waals surface area contributed by atoms with Crippen LogP contribution in [0.2, 0.25) is 0 Å². The summed E-state index contributed by atoms with van der Waals surface area (Å²) in [6, 6.07) is 25.4. The van der Waals surface area contributed by atoms with Crippen LogP contribution in [0.4, 0.5) is 5.69 Å². The Balaban J connectivity index is 1.98. The van der Waals surface area contributed by atoms with Crippen molar-refractivity contribution < 1.29 is 4.79 Å². The number of carbonyl (C=O) groups excluding carboxylic acids is 1. The van der Waals surface area contributed by atoms with Gasteiger partial charge < -0.3 is 5.32 Å². The predicted octanol–water partition coefficient (Wildman–Crippen LogP) is 5.94. The van der Waals surface area contributed by atoms with Crippen LogP contribution in [-0.2, 0) is 0 Å². The number of halogens is 1. The molecule has 0 atom stereocenters. The summed E-state index contributed by atoms with van der Waals surface area (Å²) in [5, 5.41) is 3.42. The lowest BCUT2D eigenvalue weighted by molar-refractivity contribution is 0.104. The summed E-state index contributed by atoms with van der Waals surface area (Å²) >= 11 is 2.31. The maximum atomic E-state index is 12.6. The van der Waals surface area contributed by atoms with Gasteiger partial charge in [-0.1, -0.05) is 66.7 Å². The minimum absolute atomic E-state index is 0.0194. The van der Waals surface area contributed by atoms with E-state index >= 15 is 0 Å². The van der Waals surface area contributed by atoms with Gasteiger partial charge >= 0.3 is 0 Å². The van der Waals surface area contributed by atoms with E-state index in [2.05, 4.69) is 47.0 Å². The van der Waals surface area contributed by atoms with Crippen molar-refractivity contribution in [3.63, 3.8) is 0 Å². The van der Waals surface area contributed by atoms with Crippen LogP contribution in [0.3, 0.4) is 0 Å². The molecule has 0 aliphatic carbocycles. The molecule has 0 aliphatic rings. The molecule has 124 valence electrons. The first-order valence-electron chi connectivity index (χ1n) is 8.03. The molecular weight excluding hydrogens is 421 g/mol. The SMILES string of the molecule is Cc1ccc(N/C(=C/C(=O)c2ccccc2)c2ccccc2)c(I)c1. The third-order valence-corrected chi connectivity index (χ3v) is 4.70. The molecule has 3 rings (SSSR count). The highest BCUT2D eigenvalue weighted by Crippen LogP contribution is 2.25. The molecule has 0 aliphatic heterocycles. The number of ketones is 1. The fraction of sp³-hybridized carbons (Fsp3) is 0.0455. The van der Waals surface area contributed by atoms with Crippen molar-refractivity contribution in [2.24, 2.45) is 0 Å². The topological polar surface area (TPSA) is 29.1 Å². The summed E-state index contributed by atoms with van der Waals surface area (Å²) in [6.45, 7) is 2.07. The van der Waals surface area contributed by atoms with Crippen LogP contribution in [0, 0.1) is 10.5 Å². The van der Waals surface area contributed by atoms with E-state index < -0.39 is 0 Å². The van der Waals surface area contributed by atoms with Gasteiger partial charge in [0.1, 0.15) is 0 Å². The van der Waals surface area contributed by atoms with E-state index in [1.807, 2.05) is 66.7 Å². The van der Waals surface area contributed by atoms with Gasteiger partial charge in [-0.25, -0.2) is 0 Å². The standard InChI is InChI=1S/C22H18INO/c1-16-12-13-20(19(23)14-16)24-21(17-8-4-2-5-9-17)15-22(25)18-10-6-3-7-11-18/h2-15,24H,1H3/b21-15+. The van der Waals surface area contributed by atoms with Crippen LogP contribution >= 0.6 is 22.6 Å². The molecule has 0 spiro atoms. The van der Waals surface area contributed by atoms with Crippen molar-refractivity contribution in [3.05, 3.63) is 105 Å². The zero-order valence-electron chi connectivity index (χ0n) is 13.9. The van der Waals surface area contributed by atoms with Crippen LogP contribution in [0.25, 0.3) is 5.70 Å². The first-order chi connectivity index (χ1) is 12.1. The minimum Gasteiger partial charge on any atom is -0.354 e. The monoisotopic (exact) mass is 439 g/mol. The van der Waals surface area contributed by atoms with Crippen molar-refractivity contribution in [2.75, 3.05) is 5.32 Å². The van der Waals surface area contributed by atoms with Crippen molar-refractivity contribution in [1.29, 1.82) is 0 Å². The van der Waals surface area contributed by atoms with E-state index in [9.17, 15) is 4.79 Å². The summed E-state index contributed by atoms with van der Waals surface area (Å²) in [4.78, 5) is 12.6. The molecule has 0 bridgehead atoms. The summed E-state index contributed by atoms with van der Waals surface area (Å²) in [5.74, 6) is -0.0194. The average molecular weight is 439 g/mol. The number of allylic oxidation sites excluding steroid dienone is 1. The third kappa shape index (κ3) is 4.57. The van der Waals surface area contributed by atoms with Gasteiger partial charge in [0.05, 0.1) is 5.69 Å². The molecule has 0 saturated heterocycles. The van der Waals surface area contributed by atoms with Crippen molar-refractivity contribution in [2.45, 2.75) is 6.92 Å². The second-order valence-corrected chi connectivity index (χ2v) is 6.92. The predicted molar refractivity (Wildman–Crippen MR) is 113 cm³/mol. The summed E-state index contributed by atoms with van der Waals surface area (Å²) in [5.41, 5.74) is 4.64. The normalized spacial score (nSPS) is 11.2. The van der Waals surface area contributed by atoms with Gasteiger partial charge in [0.25, 0.3) is 0 Å². The highest BCUT2D eigenvalue weighted by atomic mass is 127. The molecule has 2 nitrogen and oxygen atoms in total. The molecule has 0 unspecified atom stereocenters. The fourth-order valence-corrected chi connectivity index (χ4v) is 3.30. The number of hydrogen-bond acceptors (Lipinski definition) is 2. The zero-order valence-corrected chi connectivity index (χ0v) is 16.0. The number of hydrogen-bond donors (Lipinski definition) is 1. The van der Waals surface area contributed by atoms with Crippen molar-refractivity contribution in [3.8, 4) is 0 Å². The first-order valence-corrected chi connectivity index (χ1v) is 9.11. The van der Waals surface area contributed by atoms with Crippen LogP contribution < -0.4 is 5.32 Å². The Labute approximate surface area is 161 Å². The Hall–Kier alpha value is -2.40. The summed E-state index contributed by atoms with van der Waals surface area (Å²) in [6.07, 6.45) is 1.67. The van der Waals surface area contributed by atoms with Gasteiger partial charge in [-0.15, -0.1) is 0 Å². The van der Waals surface area contributed by atoms with E-state index in [-0.39, 0.29) is 5.78 Å². The van der Waals surface area contributed by atoms with Gasteiger partial charge in [0.15, 0.2) is 5.78 Å². The molecular formula is C22H18INO. The van der Waals surface area contributed by atoms with E-state index in [0.717, 1.165) is 20.5 Å². The number of nitrogens with one attached hydrogen (secondary N) is 1. The van der Waals surface area contributed by atoms with Gasteiger partial charge in [-0.3, -0.25) is 4.79 Å². The quantitative estimate of drug-likeness (QED) is 0.303. The highest BCUT2D eigenvalue weighted by Gasteiger charge is 2.09. The van der Waals surface area contributed by atoms with E-state index in [4.69, 9.17) is 0 Å². The largest absolute Gasteiger partial charge is 0.354 e. The lowest BCUT2D eigenvalue weighted by Gasteiger charge is -2.13. The molecule has 0 fully saturated rings. The van der Waals surface area contributed by atoms with Gasteiger partial charge in [0.2, 0.25) is 0 Å². The van der Waals surface area contributed by atoms with Crippen molar-refractivity contribution in [1.82, 2.24) is 0 Å².